The lowest BCUT2D eigenvalue weighted by molar-refractivity contribution is -0.117. The number of carbonyl (C=O) groups excluding carboxylic acids is 2. The second-order valence-electron chi connectivity index (χ2n) is 5.63. The molecule has 0 aliphatic rings. The highest BCUT2D eigenvalue weighted by Crippen LogP contribution is 2.21. The number of hydrogen-bond donors (Lipinski definition) is 3. The van der Waals surface area contributed by atoms with E-state index in [9.17, 15) is 14.0 Å². The van der Waals surface area contributed by atoms with Crippen LogP contribution in [-0.4, -0.2) is 39.1 Å². The van der Waals surface area contributed by atoms with Gasteiger partial charge in [0.1, 0.15) is 5.82 Å². The van der Waals surface area contributed by atoms with Gasteiger partial charge in [0.2, 0.25) is 11.1 Å². The Bertz CT molecular complexity index is 764. The van der Waals surface area contributed by atoms with Crippen molar-refractivity contribution < 1.29 is 14.0 Å². The second-order valence-corrected chi connectivity index (χ2v) is 6.57. The monoisotopic (exact) mass is 366 g/mol. The van der Waals surface area contributed by atoms with E-state index in [4.69, 9.17) is 5.84 Å². The highest BCUT2D eigenvalue weighted by Gasteiger charge is 2.15. The Morgan fingerprint density at radius 3 is 2.80 bits per heavy atom. The average molecular weight is 366 g/mol. The van der Waals surface area contributed by atoms with E-state index >= 15 is 0 Å². The molecule has 2 aromatic rings. The van der Waals surface area contributed by atoms with Crippen molar-refractivity contribution in [3.8, 4) is 11.4 Å². The number of nitrogens with one attached hydrogen (secondary N) is 2. The first-order chi connectivity index (χ1) is 11.9. The highest BCUT2D eigenvalue weighted by molar-refractivity contribution is 7.99. The third kappa shape index (κ3) is 5.45. The molecular weight excluding hydrogens is 347 g/mol. The van der Waals surface area contributed by atoms with Crippen LogP contribution in [0.15, 0.2) is 29.4 Å². The van der Waals surface area contributed by atoms with Gasteiger partial charge in [-0.2, -0.15) is 0 Å². The van der Waals surface area contributed by atoms with Gasteiger partial charge >= 0.3 is 6.03 Å². The Kier molecular flexibility index (Phi) is 6.34. The summed E-state index contributed by atoms with van der Waals surface area (Å²) >= 11 is 1.02. The van der Waals surface area contributed by atoms with Gasteiger partial charge in [-0.15, -0.1) is 10.2 Å². The number of carbonyl (C=O) groups is 2. The number of amides is 3. The van der Waals surface area contributed by atoms with Crippen LogP contribution in [0.4, 0.5) is 9.18 Å². The average Bonchev–Trinajstić information content (AvgIpc) is 2.92. The van der Waals surface area contributed by atoms with E-state index in [0.717, 1.165) is 11.8 Å². The summed E-state index contributed by atoms with van der Waals surface area (Å²) in [5.41, 5.74) is 0.472. The Labute approximate surface area is 148 Å². The Hall–Kier alpha value is -2.62. The fourth-order valence-electron chi connectivity index (χ4n) is 1.83. The fourth-order valence-corrected chi connectivity index (χ4v) is 2.49. The second kappa shape index (κ2) is 8.47. The summed E-state index contributed by atoms with van der Waals surface area (Å²) in [4.78, 5) is 23.3. The van der Waals surface area contributed by atoms with Crippen molar-refractivity contribution in [2.45, 2.75) is 19.0 Å². The zero-order chi connectivity index (χ0) is 18.4. The molecule has 0 aliphatic heterocycles. The minimum Gasteiger partial charge on any atom is -0.338 e. The normalized spacial score (nSPS) is 10.7. The summed E-state index contributed by atoms with van der Waals surface area (Å²) in [7, 11) is 0. The molecule has 10 heteroatoms. The van der Waals surface area contributed by atoms with Gasteiger partial charge in [0.15, 0.2) is 5.82 Å². The topological polar surface area (TPSA) is 115 Å². The van der Waals surface area contributed by atoms with Crippen LogP contribution in [0.2, 0.25) is 0 Å². The quantitative estimate of drug-likeness (QED) is 0.525. The van der Waals surface area contributed by atoms with Gasteiger partial charge in [-0.05, 0) is 18.1 Å². The standard InChI is InChI=1S/C15H19FN6O2S/c1-9(2)7-18-14(24)19-12(23)8-25-15-21-20-13(22(15)17)10-4-3-5-11(16)6-10/h3-6,9H,7-8,17H2,1-2H3,(H2,18,19,23,24). The van der Waals surface area contributed by atoms with Gasteiger partial charge in [-0.3, -0.25) is 10.1 Å². The molecule has 8 nitrogen and oxygen atoms in total. The lowest BCUT2D eigenvalue weighted by Crippen LogP contribution is -2.41. The number of nitrogens with zero attached hydrogens (tertiary/aromatic N) is 3. The van der Waals surface area contributed by atoms with Crippen LogP contribution in [0.1, 0.15) is 13.8 Å². The van der Waals surface area contributed by atoms with Crippen molar-refractivity contribution in [1.82, 2.24) is 25.5 Å². The molecule has 3 amide bonds. The van der Waals surface area contributed by atoms with Crippen molar-refractivity contribution in [1.29, 1.82) is 0 Å². The largest absolute Gasteiger partial charge is 0.338 e. The van der Waals surface area contributed by atoms with Gasteiger partial charge < -0.3 is 11.2 Å². The first kappa shape index (κ1) is 18.7. The molecule has 134 valence electrons. The molecule has 0 spiro atoms. The zero-order valence-corrected chi connectivity index (χ0v) is 14.6. The Balaban J connectivity index is 1.91. The van der Waals surface area contributed by atoms with Gasteiger partial charge in [0, 0.05) is 12.1 Å². The van der Waals surface area contributed by atoms with E-state index in [1.54, 1.807) is 6.07 Å². The molecule has 0 radical (unpaired) electrons. The van der Waals surface area contributed by atoms with Crippen LogP contribution >= 0.6 is 11.8 Å². The minimum atomic E-state index is -0.547. The van der Waals surface area contributed by atoms with Crippen LogP contribution in [-0.2, 0) is 4.79 Å². The van der Waals surface area contributed by atoms with Crippen molar-refractivity contribution in [3.05, 3.63) is 30.1 Å². The summed E-state index contributed by atoms with van der Waals surface area (Å²) < 4.78 is 14.5. The molecule has 1 heterocycles. The predicted molar refractivity (Wildman–Crippen MR) is 92.7 cm³/mol. The molecule has 0 bridgehead atoms. The van der Waals surface area contributed by atoms with Crippen molar-refractivity contribution in [3.63, 3.8) is 0 Å². The summed E-state index contributed by atoms with van der Waals surface area (Å²) in [6.07, 6.45) is 0. The van der Waals surface area contributed by atoms with Crippen LogP contribution in [0.5, 0.6) is 0 Å². The summed E-state index contributed by atoms with van der Waals surface area (Å²) in [5.74, 6) is 5.49. The fraction of sp³-hybridized carbons (Fsp3) is 0.333. The van der Waals surface area contributed by atoms with Crippen LogP contribution in [0.25, 0.3) is 11.4 Å². The molecule has 0 fully saturated rings. The first-order valence-electron chi connectivity index (χ1n) is 7.53. The molecule has 0 aliphatic carbocycles. The maximum Gasteiger partial charge on any atom is 0.321 e. The number of halogens is 1. The number of urea groups is 1. The summed E-state index contributed by atoms with van der Waals surface area (Å²) in [6, 6.07) is 5.24. The molecule has 0 atom stereocenters. The van der Waals surface area contributed by atoms with E-state index < -0.39 is 17.8 Å². The van der Waals surface area contributed by atoms with Crippen molar-refractivity contribution in [2.75, 3.05) is 18.1 Å². The highest BCUT2D eigenvalue weighted by atomic mass is 32.2. The van der Waals surface area contributed by atoms with E-state index in [-0.39, 0.29) is 22.7 Å². The smallest absolute Gasteiger partial charge is 0.321 e. The molecular formula is C15H19FN6O2S. The number of imide groups is 1. The van der Waals surface area contributed by atoms with Gasteiger partial charge in [-0.1, -0.05) is 37.7 Å². The number of nitrogen functional groups attached to an aromatic ring is 1. The maximum atomic E-state index is 13.3. The molecule has 0 saturated carbocycles. The number of thioether (sulfide) groups is 1. The maximum absolute atomic E-state index is 13.3. The molecule has 2 rings (SSSR count). The van der Waals surface area contributed by atoms with Gasteiger partial charge in [0.05, 0.1) is 5.75 Å². The molecule has 1 aromatic heterocycles. The molecule has 1 aromatic carbocycles. The third-order valence-corrected chi connectivity index (χ3v) is 3.95. The number of nitrogens with two attached hydrogens (primary N) is 1. The molecule has 0 saturated heterocycles. The predicted octanol–water partition coefficient (Wildman–Crippen LogP) is 1.37. The van der Waals surface area contributed by atoms with E-state index in [2.05, 4.69) is 20.8 Å². The zero-order valence-electron chi connectivity index (χ0n) is 13.8. The number of hydrogen-bond acceptors (Lipinski definition) is 6. The van der Waals surface area contributed by atoms with Crippen LogP contribution < -0.4 is 16.5 Å². The minimum absolute atomic E-state index is 0.0619. The van der Waals surface area contributed by atoms with E-state index in [1.165, 1.54) is 22.9 Å². The number of aromatic nitrogens is 3. The first-order valence-corrected chi connectivity index (χ1v) is 8.52. The van der Waals surface area contributed by atoms with E-state index in [1.807, 2.05) is 13.8 Å². The number of benzene rings is 1. The lowest BCUT2D eigenvalue weighted by Gasteiger charge is -2.08. The number of rotatable bonds is 6. The van der Waals surface area contributed by atoms with Gasteiger partial charge in [0.25, 0.3) is 0 Å². The van der Waals surface area contributed by atoms with Crippen molar-refractivity contribution >= 4 is 23.7 Å². The molecule has 0 unspecified atom stereocenters. The van der Waals surface area contributed by atoms with Crippen molar-refractivity contribution in [2.24, 2.45) is 5.92 Å². The third-order valence-electron chi connectivity index (χ3n) is 3.00. The molecule has 4 N–H and O–H groups in total. The summed E-state index contributed by atoms with van der Waals surface area (Å²) in [5, 5.41) is 12.9. The van der Waals surface area contributed by atoms with Crippen LogP contribution in [0.3, 0.4) is 0 Å². The molecule has 25 heavy (non-hydrogen) atoms. The van der Waals surface area contributed by atoms with Gasteiger partial charge in [-0.25, -0.2) is 13.9 Å². The summed E-state index contributed by atoms with van der Waals surface area (Å²) in [6.45, 7) is 4.37. The van der Waals surface area contributed by atoms with E-state index in [0.29, 0.717) is 12.1 Å². The Morgan fingerprint density at radius 2 is 2.12 bits per heavy atom. The lowest BCUT2D eigenvalue weighted by atomic mass is 10.2. The Morgan fingerprint density at radius 1 is 1.36 bits per heavy atom. The van der Waals surface area contributed by atoms with Crippen LogP contribution in [0, 0.1) is 11.7 Å². The SMILES string of the molecule is CC(C)CNC(=O)NC(=O)CSc1nnc(-c2cccc(F)c2)n1N.